The second-order valence-corrected chi connectivity index (χ2v) is 4.43. The molecule has 0 bridgehead atoms. The summed E-state index contributed by atoms with van der Waals surface area (Å²) < 4.78 is 0. The van der Waals surface area contributed by atoms with E-state index in [2.05, 4.69) is 0 Å². The maximum atomic E-state index is 11.5. The molecule has 1 aliphatic rings. The molecule has 0 saturated carbocycles. The molecule has 4 nitrogen and oxygen atoms in total. The van der Waals surface area contributed by atoms with Gasteiger partial charge in [-0.3, -0.25) is 14.5 Å². The SMILES string of the molecule is CN(C)c1ccc(CN2C(=O)CCC2=O)cc1. The van der Waals surface area contributed by atoms with E-state index in [1.165, 1.54) is 4.90 Å². The quantitative estimate of drug-likeness (QED) is 0.740. The van der Waals surface area contributed by atoms with Gasteiger partial charge in [0.2, 0.25) is 11.8 Å². The number of carbonyl (C=O) groups is 2. The smallest absolute Gasteiger partial charge is 0.229 e. The number of likely N-dealkylation sites (tertiary alicyclic amines) is 1. The van der Waals surface area contributed by atoms with Gasteiger partial charge in [0.1, 0.15) is 0 Å². The molecule has 0 unspecified atom stereocenters. The Labute approximate surface area is 101 Å². The monoisotopic (exact) mass is 232 g/mol. The van der Waals surface area contributed by atoms with E-state index in [1.54, 1.807) is 0 Å². The highest BCUT2D eigenvalue weighted by molar-refractivity contribution is 6.01. The van der Waals surface area contributed by atoms with Gasteiger partial charge in [0.15, 0.2) is 0 Å². The standard InChI is InChI=1S/C13H16N2O2/c1-14(2)11-5-3-10(4-6-11)9-15-12(16)7-8-13(15)17/h3-6H,7-9H2,1-2H3. The van der Waals surface area contributed by atoms with Gasteiger partial charge in [0.25, 0.3) is 0 Å². The molecule has 0 radical (unpaired) electrons. The van der Waals surface area contributed by atoms with Gasteiger partial charge in [-0.15, -0.1) is 0 Å². The number of carbonyl (C=O) groups excluding carboxylic acids is 2. The number of hydrogen-bond acceptors (Lipinski definition) is 3. The Hall–Kier alpha value is -1.84. The lowest BCUT2D eigenvalue weighted by molar-refractivity contribution is -0.139. The molecule has 1 aromatic rings. The minimum Gasteiger partial charge on any atom is -0.378 e. The van der Waals surface area contributed by atoms with Crippen LogP contribution in [0.4, 0.5) is 5.69 Å². The largest absolute Gasteiger partial charge is 0.378 e. The molecule has 0 spiro atoms. The first-order chi connectivity index (χ1) is 8.08. The van der Waals surface area contributed by atoms with Crippen LogP contribution in [0, 0.1) is 0 Å². The summed E-state index contributed by atoms with van der Waals surface area (Å²) in [5.74, 6) is -0.127. The molecule has 2 rings (SSSR count). The third kappa shape index (κ3) is 2.46. The summed E-state index contributed by atoms with van der Waals surface area (Å²) in [4.78, 5) is 26.3. The van der Waals surface area contributed by atoms with Crippen LogP contribution in [0.25, 0.3) is 0 Å². The van der Waals surface area contributed by atoms with Crippen LogP contribution in [0.5, 0.6) is 0 Å². The molecule has 1 aromatic carbocycles. The highest BCUT2D eigenvalue weighted by atomic mass is 16.2. The summed E-state index contributed by atoms with van der Waals surface area (Å²) in [5.41, 5.74) is 2.09. The van der Waals surface area contributed by atoms with Crippen molar-refractivity contribution in [2.24, 2.45) is 0 Å². The zero-order valence-electron chi connectivity index (χ0n) is 10.1. The van der Waals surface area contributed by atoms with E-state index in [-0.39, 0.29) is 11.8 Å². The highest BCUT2D eigenvalue weighted by Crippen LogP contribution is 2.18. The Morgan fingerprint density at radius 2 is 1.59 bits per heavy atom. The van der Waals surface area contributed by atoms with Gasteiger partial charge in [0.05, 0.1) is 6.54 Å². The maximum Gasteiger partial charge on any atom is 0.229 e. The van der Waals surface area contributed by atoms with Crippen LogP contribution in [0.2, 0.25) is 0 Å². The Balaban J connectivity index is 2.08. The van der Waals surface area contributed by atoms with Gasteiger partial charge in [-0.05, 0) is 17.7 Å². The van der Waals surface area contributed by atoms with Crippen LogP contribution < -0.4 is 4.90 Å². The van der Waals surface area contributed by atoms with E-state index in [9.17, 15) is 9.59 Å². The molecule has 0 N–H and O–H groups in total. The van der Waals surface area contributed by atoms with Gasteiger partial charge in [0, 0.05) is 32.6 Å². The molecule has 1 aliphatic heterocycles. The summed E-state index contributed by atoms with van der Waals surface area (Å²) in [6, 6.07) is 7.88. The van der Waals surface area contributed by atoms with Crippen molar-refractivity contribution in [3.05, 3.63) is 29.8 Å². The lowest BCUT2D eigenvalue weighted by Crippen LogP contribution is -2.28. The fourth-order valence-corrected chi connectivity index (χ4v) is 1.88. The number of hydrogen-bond donors (Lipinski definition) is 0. The molecule has 1 fully saturated rings. The zero-order chi connectivity index (χ0) is 12.4. The molecule has 0 atom stereocenters. The Kier molecular flexibility index (Phi) is 3.13. The van der Waals surface area contributed by atoms with Crippen molar-refractivity contribution in [1.82, 2.24) is 4.90 Å². The average molecular weight is 232 g/mol. The van der Waals surface area contributed by atoms with Gasteiger partial charge < -0.3 is 4.90 Å². The zero-order valence-corrected chi connectivity index (χ0v) is 10.1. The van der Waals surface area contributed by atoms with E-state index in [1.807, 2.05) is 43.3 Å². The summed E-state index contributed by atoms with van der Waals surface area (Å²) in [5, 5.41) is 0. The summed E-state index contributed by atoms with van der Waals surface area (Å²) >= 11 is 0. The minimum atomic E-state index is -0.0633. The van der Waals surface area contributed by atoms with Crippen LogP contribution >= 0.6 is 0 Å². The average Bonchev–Trinajstić information content (AvgIpc) is 2.61. The van der Waals surface area contributed by atoms with Crippen molar-refractivity contribution in [2.45, 2.75) is 19.4 Å². The van der Waals surface area contributed by atoms with Crippen LogP contribution in [0.3, 0.4) is 0 Å². The van der Waals surface area contributed by atoms with Gasteiger partial charge >= 0.3 is 0 Å². The van der Waals surface area contributed by atoms with Gasteiger partial charge in [-0.2, -0.15) is 0 Å². The molecule has 17 heavy (non-hydrogen) atoms. The topological polar surface area (TPSA) is 40.6 Å². The van der Waals surface area contributed by atoms with Crippen LogP contribution in [-0.4, -0.2) is 30.8 Å². The van der Waals surface area contributed by atoms with E-state index in [4.69, 9.17) is 0 Å². The first-order valence-electron chi connectivity index (χ1n) is 5.67. The molecule has 90 valence electrons. The summed E-state index contributed by atoms with van der Waals surface area (Å²) in [6.07, 6.45) is 0.712. The van der Waals surface area contributed by atoms with Gasteiger partial charge in [-0.1, -0.05) is 12.1 Å². The fourth-order valence-electron chi connectivity index (χ4n) is 1.88. The van der Waals surface area contributed by atoms with Crippen LogP contribution in [0.1, 0.15) is 18.4 Å². The highest BCUT2D eigenvalue weighted by Gasteiger charge is 2.28. The Morgan fingerprint density at radius 1 is 1.06 bits per heavy atom. The number of rotatable bonds is 3. The second kappa shape index (κ2) is 4.57. The number of nitrogens with zero attached hydrogens (tertiary/aromatic N) is 2. The number of amides is 2. The molecule has 2 amide bonds. The van der Waals surface area contributed by atoms with Crippen LogP contribution in [-0.2, 0) is 16.1 Å². The molecular weight excluding hydrogens is 216 g/mol. The predicted molar refractivity (Wildman–Crippen MR) is 65.6 cm³/mol. The minimum absolute atomic E-state index is 0.0633. The van der Waals surface area contributed by atoms with E-state index in [0.29, 0.717) is 19.4 Å². The lowest BCUT2D eigenvalue weighted by atomic mass is 10.2. The Morgan fingerprint density at radius 3 is 2.06 bits per heavy atom. The summed E-state index contributed by atoms with van der Waals surface area (Å²) in [7, 11) is 3.95. The van der Waals surface area contributed by atoms with Crippen LogP contribution in [0.15, 0.2) is 24.3 Å². The number of benzene rings is 1. The molecular formula is C13H16N2O2. The number of anilines is 1. The summed E-state index contributed by atoms with van der Waals surface area (Å²) in [6.45, 7) is 0.394. The third-order valence-electron chi connectivity index (χ3n) is 2.95. The van der Waals surface area contributed by atoms with Crippen molar-refractivity contribution in [3.63, 3.8) is 0 Å². The predicted octanol–water partition coefficient (Wildman–Crippen LogP) is 1.40. The van der Waals surface area contributed by atoms with Crippen molar-refractivity contribution in [3.8, 4) is 0 Å². The number of imide groups is 1. The molecule has 0 aliphatic carbocycles. The fraction of sp³-hybridized carbons (Fsp3) is 0.385. The van der Waals surface area contributed by atoms with E-state index < -0.39 is 0 Å². The molecule has 1 saturated heterocycles. The van der Waals surface area contributed by atoms with Crippen molar-refractivity contribution >= 4 is 17.5 Å². The maximum absolute atomic E-state index is 11.5. The Bertz CT molecular complexity index is 421. The molecule has 0 aromatic heterocycles. The third-order valence-corrected chi connectivity index (χ3v) is 2.95. The van der Waals surface area contributed by atoms with Crippen molar-refractivity contribution in [1.29, 1.82) is 0 Å². The lowest BCUT2D eigenvalue weighted by Gasteiger charge is -2.16. The van der Waals surface area contributed by atoms with Crippen molar-refractivity contribution in [2.75, 3.05) is 19.0 Å². The molecule has 1 heterocycles. The van der Waals surface area contributed by atoms with E-state index in [0.717, 1.165) is 11.3 Å². The van der Waals surface area contributed by atoms with Crippen molar-refractivity contribution < 1.29 is 9.59 Å². The molecule has 4 heteroatoms. The first-order valence-corrected chi connectivity index (χ1v) is 5.67. The van der Waals surface area contributed by atoms with Gasteiger partial charge in [-0.25, -0.2) is 0 Å². The normalized spacial score (nSPS) is 15.5. The second-order valence-electron chi connectivity index (χ2n) is 4.43. The first kappa shape index (κ1) is 11.6. The van der Waals surface area contributed by atoms with E-state index >= 15 is 0 Å².